The van der Waals surface area contributed by atoms with Crippen molar-refractivity contribution in [1.29, 1.82) is 0 Å². The molecule has 2 atom stereocenters. The number of rotatable bonds is 13. The van der Waals surface area contributed by atoms with Gasteiger partial charge in [0.2, 0.25) is 5.91 Å². The van der Waals surface area contributed by atoms with E-state index in [4.69, 9.17) is 0 Å². The van der Waals surface area contributed by atoms with E-state index in [0.29, 0.717) is 16.9 Å². The van der Waals surface area contributed by atoms with E-state index in [1.54, 1.807) is 0 Å². The van der Waals surface area contributed by atoms with Crippen molar-refractivity contribution in [3.8, 4) is 0 Å². The Bertz CT molecular complexity index is 716. The van der Waals surface area contributed by atoms with Gasteiger partial charge in [-0.1, -0.05) is 119 Å². The molecule has 174 valence electrons. The van der Waals surface area contributed by atoms with Gasteiger partial charge >= 0.3 is 0 Å². The summed E-state index contributed by atoms with van der Waals surface area (Å²) < 4.78 is 0. The Morgan fingerprint density at radius 2 is 1.22 bits per heavy atom. The van der Waals surface area contributed by atoms with Gasteiger partial charge in [0.15, 0.2) is 0 Å². The monoisotopic (exact) mass is 451 g/mol. The third-order valence-electron chi connectivity index (χ3n) is 6.54. The third-order valence-corrected chi connectivity index (χ3v) is 8.13. The van der Waals surface area contributed by atoms with Crippen LogP contribution in [0.3, 0.4) is 0 Å². The van der Waals surface area contributed by atoms with Gasteiger partial charge in [-0.3, -0.25) is 4.79 Å². The van der Waals surface area contributed by atoms with E-state index in [2.05, 4.69) is 84.7 Å². The summed E-state index contributed by atoms with van der Waals surface area (Å²) in [6.45, 7) is 2.26. The summed E-state index contributed by atoms with van der Waals surface area (Å²) in [7, 11) is 0. The van der Waals surface area contributed by atoms with E-state index in [9.17, 15) is 4.79 Å². The minimum absolute atomic E-state index is 0.239. The highest BCUT2D eigenvalue weighted by atomic mass is 32.2. The SMILES string of the molecule is CCCCCCCCCCCC(=O)NC1CC(c2ccccc2)SC(c2ccccc2)C1. The van der Waals surface area contributed by atoms with Crippen molar-refractivity contribution in [3.63, 3.8) is 0 Å². The molecule has 2 unspecified atom stereocenters. The number of amides is 1. The Kier molecular flexibility index (Phi) is 11.2. The average molecular weight is 452 g/mol. The van der Waals surface area contributed by atoms with Crippen molar-refractivity contribution in [2.24, 2.45) is 0 Å². The Morgan fingerprint density at radius 1 is 0.750 bits per heavy atom. The summed E-state index contributed by atoms with van der Waals surface area (Å²) in [6.07, 6.45) is 14.3. The van der Waals surface area contributed by atoms with E-state index >= 15 is 0 Å². The van der Waals surface area contributed by atoms with Crippen LogP contribution in [0.5, 0.6) is 0 Å². The molecule has 0 saturated carbocycles. The second-order valence-electron chi connectivity index (χ2n) is 9.25. The molecule has 0 aromatic heterocycles. The molecule has 1 N–H and O–H groups in total. The lowest BCUT2D eigenvalue weighted by Gasteiger charge is -2.35. The Morgan fingerprint density at radius 3 is 1.72 bits per heavy atom. The third kappa shape index (κ3) is 8.65. The molecule has 3 rings (SSSR count). The zero-order chi connectivity index (χ0) is 22.4. The molecule has 1 aliphatic rings. The number of thioether (sulfide) groups is 1. The Hall–Kier alpha value is -1.74. The summed E-state index contributed by atoms with van der Waals surface area (Å²) in [6, 6.07) is 21.8. The van der Waals surface area contributed by atoms with Crippen molar-refractivity contribution in [3.05, 3.63) is 71.8 Å². The summed E-state index contributed by atoms with van der Waals surface area (Å²) in [5, 5.41) is 4.24. The van der Waals surface area contributed by atoms with E-state index in [0.717, 1.165) is 19.3 Å². The van der Waals surface area contributed by atoms with Crippen LogP contribution in [0.15, 0.2) is 60.7 Å². The molecule has 0 bridgehead atoms. The molecule has 2 nitrogen and oxygen atoms in total. The number of hydrogen-bond donors (Lipinski definition) is 1. The smallest absolute Gasteiger partial charge is 0.220 e. The molecule has 2 aromatic carbocycles. The van der Waals surface area contributed by atoms with Gasteiger partial charge < -0.3 is 5.32 Å². The van der Waals surface area contributed by atoms with E-state index < -0.39 is 0 Å². The van der Waals surface area contributed by atoms with Gasteiger partial charge in [-0.15, -0.1) is 11.8 Å². The molecular weight excluding hydrogens is 410 g/mol. The predicted octanol–water partition coefficient (Wildman–Crippen LogP) is 8.40. The van der Waals surface area contributed by atoms with Crippen molar-refractivity contribution < 1.29 is 4.79 Å². The average Bonchev–Trinajstić information content (AvgIpc) is 2.84. The largest absolute Gasteiger partial charge is 0.353 e. The molecule has 1 aliphatic heterocycles. The number of carbonyl (C=O) groups is 1. The molecule has 0 spiro atoms. The van der Waals surface area contributed by atoms with Gasteiger partial charge in [0, 0.05) is 23.0 Å². The van der Waals surface area contributed by atoms with Crippen LogP contribution in [0.2, 0.25) is 0 Å². The topological polar surface area (TPSA) is 29.1 Å². The molecule has 1 saturated heterocycles. The summed E-state index contributed by atoms with van der Waals surface area (Å²) in [4.78, 5) is 12.7. The summed E-state index contributed by atoms with van der Waals surface area (Å²) >= 11 is 2.05. The molecule has 2 aromatic rings. The zero-order valence-corrected chi connectivity index (χ0v) is 20.6. The molecule has 3 heteroatoms. The summed E-state index contributed by atoms with van der Waals surface area (Å²) in [5.74, 6) is 0.239. The highest BCUT2D eigenvalue weighted by Crippen LogP contribution is 2.49. The lowest BCUT2D eigenvalue weighted by Crippen LogP contribution is -2.38. The maximum Gasteiger partial charge on any atom is 0.220 e. The van der Waals surface area contributed by atoms with Crippen molar-refractivity contribution in [1.82, 2.24) is 5.32 Å². The van der Waals surface area contributed by atoms with Gasteiger partial charge in [-0.25, -0.2) is 0 Å². The van der Waals surface area contributed by atoms with Gasteiger partial charge in [-0.2, -0.15) is 0 Å². The Balaban J connectivity index is 1.45. The molecule has 0 radical (unpaired) electrons. The molecular formula is C29H41NOS. The lowest BCUT2D eigenvalue weighted by atomic mass is 9.97. The number of benzene rings is 2. The first-order chi connectivity index (χ1) is 15.8. The van der Waals surface area contributed by atoms with Crippen molar-refractivity contribution in [2.45, 2.75) is 101 Å². The highest BCUT2D eigenvalue weighted by molar-refractivity contribution is 7.99. The second kappa shape index (κ2) is 14.4. The van der Waals surface area contributed by atoms with E-state index in [1.165, 1.54) is 62.5 Å². The van der Waals surface area contributed by atoms with Crippen LogP contribution in [-0.4, -0.2) is 11.9 Å². The van der Waals surface area contributed by atoms with E-state index in [-0.39, 0.29) is 11.9 Å². The highest BCUT2D eigenvalue weighted by Gasteiger charge is 2.31. The fourth-order valence-electron chi connectivity index (χ4n) is 4.70. The van der Waals surface area contributed by atoms with E-state index in [1.807, 2.05) is 0 Å². The second-order valence-corrected chi connectivity index (χ2v) is 10.7. The first-order valence-corrected chi connectivity index (χ1v) is 13.7. The first kappa shape index (κ1) is 24.9. The standard InChI is InChI=1S/C29H41NOS/c1-2-3-4-5-6-7-8-9-16-21-29(31)30-26-22-27(24-17-12-10-13-18-24)32-28(23-26)25-19-14-11-15-20-25/h10-15,17-20,26-28H,2-9,16,21-23H2,1H3,(H,30,31). The number of unbranched alkanes of at least 4 members (excludes halogenated alkanes) is 8. The van der Waals surface area contributed by atoms with Crippen LogP contribution < -0.4 is 5.32 Å². The maximum absolute atomic E-state index is 12.7. The van der Waals surface area contributed by atoms with Gasteiger partial charge in [0.05, 0.1) is 0 Å². The van der Waals surface area contributed by atoms with Crippen LogP contribution in [0.1, 0.15) is 106 Å². The Labute approximate surface area is 200 Å². The minimum Gasteiger partial charge on any atom is -0.353 e. The summed E-state index contributed by atoms with van der Waals surface area (Å²) in [5.41, 5.74) is 2.74. The normalized spacial score (nSPS) is 20.7. The first-order valence-electron chi connectivity index (χ1n) is 12.8. The molecule has 1 amide bonds. The van der Waals surface area contributed by atoms with Crippen LogP contribution in [-0.2, 0) is 4.79 Å². The van der Waals surface area contributed by atoms with Gasteiger partial charge in [0.1, 0.15) is 0 Å². The lowest BCUT2D eigenvalue weighted by molar-refractivity contribution is -0.122. The maximum atomic E-state index is 12.7. The minimum atomic E-state index is 0.239. The van der Waals surface area contributed by atoms with Crippen molar-refractivity contribution >= 4 is 17.7 Å². The predicted molar refractivity (Wildman–Crippen MR) is 139 cm³/mol. The van der Waals surface area contributed by atoms with Crippen LogP contribution >= 0.6 is 11.8 Å². The van der Waals surface area contributed by atoms with Crippen molar-refractivity contribution in [2.75, 3.05) is 0 Å². The number of nitrogens with one attached hydrogen (secondary N) is 1. The molecule has 32 heavy (non-hydrogen) atoms. The fourth-order valence-corrected chi connectivity index (χ4v) is 6.41. The number of hydrogen-bond acceptors (Lipinski definition) is 2. The molecule has 1 heterocycles. The van der Waals surface area contributed by atoms with Crippen LogP contribution in [0, 0.1) is 0 Å². The van der Waals surface area contributed by atoms with Crippen LogP contribution in [0.25, 0.3) is 0 Å². The molecule has 1 fully saturated rings. The fraction of sp³-hybridized carbons (Fsp3) is 0.552. The van der Waals surface area contributed by atoms with Gasteiger partial charge in [-0.05, 0) is 30.4 Å². The van der Waals surface area contributed by atoms with Crippen LogP contribution in [0.4, 0.5) is 0 Å². The van der Waals surface area contributed by atoms with Gasteiger partial charge in [0.25, 0.3) is 0 Å². The molecule has 0 aliphatic carbocycles. The zero-order valence-electron chi connectivity index (χ0n) is 19.8. The quantitative estimate of drug-likeness (QED) is 0.310. The number of carbonyl (C=O) groups excluding carboxylic acids is 1.